The van der Waals surface area contributed by atoms with Gasteiger partial charge in [-0.05, 0) is 30.7 Å². The van der Waals surface area contributed by atoms with Crippen LogP contribution >= 0.6 is 11.6 Å². The minimum atomic E-state index is 0.0193. The molecule has 0 aromatic heterocycles. The van der Waals surface area contributed by atoms with Crippen LogP contribution < -0.4 is 15.4 Å². The molecule has 2 rings (SSSR count). The average molecular weight is 269 g/mol. The van der Waals surface area contributed by atoms with Crippen LogP contribution in [0.15, 0.2) is 18.2 Å². The van der Waals surface area contributed by atoms with Gasteiger partial charge in [-0.3, -0.25) is 4.79 Å². The number of hydrogen-bond donors (Lipinski definition) is 2. The van der Waals surface area contributed by atoms with Gasteiger partial charge in [-0.1, -0.05) is 18.5 Å². The summed E-state index contributed by atoms with van der Waals surface area (Å²) in [6.45, 7) is 3.70. The maximum absolute atomic E-state index is 12.1. The summed E-state index contributed by atoms with van der Waals surface area (Å²) >= 11 is 6.01. The van der Waals surface area contributed by atoms with Crippen LogP contribution in [0.3, 0.4) is 0 Å². The predicted octanol–water partition coefficient (Wildman–Crippen LogP) is 2.14. The molecule has 0 radical (unpaired) electrons. The van der Waals surface area contributed by atoms with E-state index in [1.165, 1.54) is 0 Å². The first-order valence-corrected chi connectivity index (χ1v) is 6.34. The van der Waals surface area contributed by atoms with Crippen LogP contribution in [0.25, 0.3) is 0 Å². The summed E-state index contributed by atoms with van der Waals surface area (Å²) in [4.78, 5) is 12.1. The van der Waals surface area contributed by atoms with Crippen LogP contribution in [-0.4, -0.2) is 26.1 Å². The molecular weight excluding hydrogens is 252 g/mol. The van der Waals surface area contributed by atoms with Crippen molar-refractivity contribution in [3.05, 3.63) is 23.2 Å². The number of methoxy groups -OCH3 is 1. The van der Waals surface area contributed by atoms with E-state index in [4.69, 9.17) is 16.3 Å². The lowest BCUT2D eigenvalue weighted by Crippen LogP contribution is -2.27. The Morgan fingerprint density at radius 3 is 2.83 bits per heavy atom. The second-order valence-corrected chi connectivity index (χ2v) is 4.99. The molecule has 1 aromatic carbocycles. The van der Waals surface area contributed by atoms with Crippen molar-refractivity contribution < 1.29 is 9.53 Å². The maximum Gasteiger partial charge on any atom is 0.229 e. The highest BCUT2D eigenvalue weighted by atomic mass is 35.5. The van der Waals surface area contributed by atoms with E-state index >= 15 is 0 Å². The van der Waals surface area contributed by atoms with Gasteiger partial charge in [0.25, 0.3) is 0 Å². The quantitative estimate of drug-likeness (QED) is 0.883. The van der Waals surface area contributed by atoms with Gasteiger partial charge in [-0.2, -0.15) is 0 Å². The summed E-state index contributed by atoms with van der Waals surface area (Å²) in [6.07, 6.45) is 0. The fourth-order valence-corrected chi connectivity index (χ4v) is 2.40. The molecule has 0 spiro atoms. The molecule has 18 heavy (non-hydrogen) atoms. The molecule has 1 aromatic rings. The summed E-state index contributed by atoms with van der Waals surface area (Å²) < 4.78 is 5.07. The highest BCUT2D eigenvalue weighted by Crippen LogP contribution is 2.28. The van der Waals surface area contributed by atoms with Crippen molar-refractivity contribution in [3.63, 3.8) is 0 Å². The fourth-order valence-electron chi connectivity index (χ4n) is 2.14. The molecule has 2 atom stereocenters. The van der Waals surface area contributed by atoms with E-state index < -0.39 is 0 Å². The van der Waals surface area contributed by atoms with E-state index in [1.807, 2.05) is 0 Å². The summed E-state index contributed by atoms with van der Waals surface area (Å²) in [7, 11) is 1.56. The molecule has 1 heterocycles. The Bertz CT molecular complexity index is 451. The molecule has 0 bridgehead atoms. The summed E-state index contributed by atoms with van der Waals surface area (Å²) in [6, 6.07) is 5.23. The molecular formula is C13H17ClN2O2. The molecule has 1 aliphatic heterocycles. The summed E-state index contributed by atoms with van der Waals surface area (Å²) in [5.41, 5.74) is 0.699. The minimum absolute atomic E-state index is 0.0193. The third kappa shape index (κ3) is 2.76. The normalized spacial score (nSPS) is 22.8. The van der Waals surface area contributed by atoms with E-state index in [-0.39, 0.29) is 11.8 Å². The average Bonchev–Trinajstić information content (AvgIpc) is 2.76. The van der Waals surface area contributed by atoms with Gasteiger partial charge in [0.1, 0.15) is 5.75 Å². The van der Waals surface area contributed by atoms with Crippen LogP contribution in [0.1, 0.15) is 6.92 Å². The van der Waals surface area contributed by atoms with Crippen LogP contribution in [0.4, 0.5) is 5.69 Å². The minimum Gasteiger partial charge on any atom is -0.495 e. The number of benzene rings is 1. The summed E-state index contributed by atoms with van der Waals surface area (Å²) in [5, 5.41) is 6.59. The van der Waals surface area contributed by atoms with E-state index in [2.05, 4.69) is 17.6 Å². The van der Waals surface area contributed by atoms with Crippen molar-refractivity contribution in [1.82, 2.24) is 5.32 Å². The Labute approximate surface area is 112 Å². The first-order valence-electron chi connectivity index (χ1n) is 5.97. The molecule has 1 saturated heterocycles. The smallest absolute Gasteiger partial charge is 0.229 e. The lowest BCUT2D eigenvalue weighted by molar-refractivity contribution is -0.120. The van der Waals surface area contributed by atoms with Gasteiger partial charge >= 0.3 is 0 Å². The molecule has 4 nitrogen and oxygen atoms in total. The molecule has 1 fully saturated rings. The molecule has 0 saturated carbocycles. The highest BCUT2D eigenvalue weighted by Gasteiger charge is 2.29. The Hall–Kier alpha value is -1.26. The number of carbonyl (C=O) groups excluding carboxylic acids is 1. The fraction of sp³-hybridized carbons (Fsp3) is 0.462. The van der Waals surface area contributed by atoms with E-state index in [9.17, 15) is 4.79 Å². The van der Waals surface area contributed by atoms with Crippen molar-refractivity contribution in [1.29, 1.82) is 0 Å². The number of rotatable bonds is 3. The zero-order chi connectivity index (χ0) is 13.1. The van der Waals surface area contributed by atoms with Crippen LogP contribution in [0, 0.1) is 11.8 Å². The van der Waals surface area contributed by atoms with Gasteiger partial charge in [0.2, 0.25) is 5.91 Å². The van der Waals surface area contributed by atoms with Crippen LogP contribution in [0.2, 0.25) is 5.02 Å². The number of halogens is 1. The maximum atomic E-state index is 12.1. The van der Waals surface area contributed by atoms with Gasteiger partial charge in [-0.15, -0.1) is 0 Å². The zero-order valence-corrected chi connectivity index (χ0v) is 11.3. The van der Waals surface area contributed by atoms with Gasteiger partial charge in [0.15, 0.2) is 0 Å². The van der Waals surface area contributed by atoms with Crippen molar-refractivity contribution in [2.75, 3.05) is 25.5 Å². The largest absolute Gasteiger partial charge is 0.495 e. The highest BCUT2D eigenvalue weighted by molar-refractivity contribution is 6.32. The van der Waals surface area contributed by atoms with Crippen molar-refractivity contribution in [2.45, 2.75) is 6.92 Å². The van der Waals surface area contributed by atoms with Crippen molar-refractivity contribution >= 4 is 23.2 Å². The Morgan fingerprint density at radius 1 is 1.50 bits per heavy atom. The third-order valence-electron chi connectivity index (χ3n) is 3.27. The Balaban J connectivity index is 2.05. The van der Waals surface area contributed by atoms with E-state index in [1.54, 1.807) is 25.3 Å². The Kier molecular flexibility index (Phi) is 4.09. The predicted molar refractivity (Wildman–Crippen MR) is 72.2 cm³/mol. The van der Waals surface area contributed by atoms with Gasteiger partial charge < -0.3 is 15.4 Å². The number of nitrogens with one attached hydrogen (secondary N) is 2. The Morgan fingerprint density at radius 2 is 2.28 bits per heavy atom. The number of anilines is 1. The molecule has 0 unspecified atom stereocenters. The third-order valence-corrected chi connectivity index (χ3v) is 3.57. The van der Waals surface area contributed by atoms with Gasteiger partial charge in [0, 0.05) is 12.2 Å². The molecule has 1 amide bonds. The second kappa shape index (κ2) is 5.59. The lowest BCUT2D eigenvalue weighted by atomic mass is 9.97. The van der Waals surface area contributed by atoms with Crippen LogP contribution in [0.5, 0.6) is 5.75 Å². The number of amides is 1. The topological polar surface area (TPSA) is 50.4 Å². The molecule has 2 N–H and O–H groups in total. The first kappa shape index (κ1) is 13.2. The van der Waals surface area contributed by atoms with Gasteiger partial charge in [0.05, 0.1) is 18.1 Å². The van der Waals surface area contributed by atoms with Crippen molar-refractivity contribution in [2.24, 2.45) is 11.8 Å². The van der Waals surface area contributed by atoms with Gasteiger partial charge in [-0.25, -0.2) is 0 Å². The molecule has 0 aliphatic carbocycles. The van der Waals surface area contributed by atoms with E-state index in [0.717, 1.165) is 13.1 Å². The van der Waals surface area contributed by atoms with Crippen LogP contribution in [-0.2, 0) is 4.79 Å². The molecule has 1 aliphatic rings. The molecule has 5 heteroatoms. The summed E-state index contributed by atoms with van der Waals surface area (Å²) in [5.74, 6) is 1.02. The second-order valence-electron chi connectivity index (χ2n) is 4.58. The SMILES string of the molecule is COc1ccc(NC(=O)[C@@H]2CNC[C@H]2C)cc1Cl. The molecule has 98 valence electrons. The lowest BCUT2D eigenvalue weighted by Gasteiger charge is -2.14. The number of carbonyl (C=O) groups is 1. The zero-order valence-electron chi connectivity index (χ0n) is 10.5. The van der Waals surface area contributed by atoms with E-state index in [0.29, 0.717) is 22.4 Å². The standard InChI is InChI=1S/C13H17ClN2O2/c1-8-6-15-7-10(8)13(17)16-9-3-4-12(18-2)11(14)5-9/h3-5,8,10,15H,6-7H2,1-2H3,(H,16,17)/t8-,10-/m1/s1. The van der Waals surface area contributed by atoms with Crippen molar-refractivity contribution in [3.8, 4) is 5.75 Å². The number of ether oxygens (including phenoxy) is 1. The number of hydrogen-bond acceptors (Lipinski definition) is 3. The first-order chi connectivity index (χ1) is 8.61. The monoisotopic (exact) mass is 268 g/mol.